The van der Waals surface area contributed by atoms with Crippen LogP contribution in [-0.2, 0) is 11.3 Å². The highest BCUT2D eigenvalue weighted by Crippen LogP contribution is 2.27. The van der Waals surface area contributed by atoms with Crippen LogP contribution in [0.1, 0.15) is 43.0 Å². The molecule has 0 amide bonds. The predicted molar refractivity (Wildman–Crippen MR) is 74.5 cm³/mol. The van der Waals surface area contributed by atoms with Gasteiger partial charge in [-0.2, -0.15) is 0 Å². The van der Waals surface area contributed by atoms with E-state index in [1.165, 1.54) is 30.6 Å². The molecule has 98 valence electrons. The molecule has 0 radical (unpaired) electrons. The van der Waals surface area contributed by atoms with Gasteiger partial charge in [0.1, 0.15) is 6.61 Å². The van der Waals surface area contributed by atoms with E-state index in [4.69, 9.17) is 9.84 Å². The zero-order valence-electron chi connectivity index (χ0n) is 10.8. The smallest absolute Gasteiger partial charge is 0.104 e. The number of hydrogen-bond acceptors (Lipinski definition) is 3. The molecule has 1 heterocycles. The molecule has 2 atom stereocenters. The zero-order chi connectivity index (χ0) is 12.8. The Labute approximate surface area is 113 Å². The Morgan fingerprint density at radius 1 is 1.50 bits per heavy atom. The van der Waals surface area contributed by atoms with Crippen LogP contribution in [0.2, 0.25) is 0 Å². The van der Waals surface area contributed by atoms with Crippen molar-refractivity contribution in [3.63, 3.8) is 0 Å². The molecule has 2 unspecified atom stereocenters. The zero-order valence-corrected chi connectivity index (χ0v) is 11.6. The second-order valence-electron chi connectivity index (χ2n) is 4.97. The van der Waals surface area contributed by atoms with Crippen LogP contribution < -0.4 is 0 Å². The molecule has 0 saturated heterocycles. The monoisotopic (exact) mass is 264 g/mol. The van der Waals surface area contributed by atoms with Gasteiger partial charge in [0.25, 0.3) is 0 Å². The van der Waals surface area contributed by atoms with E-state index >= 15 is 0 Å². The van der Waals surface area contributed by atoms with Crippen molar-refractivity contribution in [3.05, 3.63) is 21.9 Å². The summed E-state index contributed by atoms with van der Waals surface area (Å²) in [6.07, 6.45) is 5.47. The number of ether oxygens (including phenoxy) is 1. The Hall–Kier alpha value is -0.820. The topological polar surface area (TPSA) is 29.5 Å². The van der Waals surface area contributed by atoms with Crippen molar-refractivity contribution in [3.8, 4) is 11.8 Å². The standard InChI is InChI=1S/C15H20O2S/c1-12-4-2-6-14(8-12)17-10-15-9-13(11-18-15)5-3-7-16/h9,11-12,14,16H,2,4,6-8,10H2,1H3. The van der Waals surface area contributed by atoms with Gasteiger partial charge in [0, 0.05) is 15.8 Å². The van der Waals surface area contributed by atoms with E-state index in [2.05, 4.69) is 24.8 Å². The molecule has 0 aliphatic heterocycles. The molecule has 1 aromatic rings. The summed E-state index contributed by atoms with van der Waals surface area (Å²) in [5, 5.41) is 10.7. The Balaban J connectivity index is 1.81. The van der Waals surface area contributed by atoms with Crippen LogP contribution >= 0.6 is 11.3 Å². The second-order valence-corrected chi connectivity index (χ2v) is 5.96. The van der Waals surface area contributed by atoms with Crippen LogP contribution in [0.5, 0.6) is 0 Å². The first kappa shape index (κ1) is 13.6. The molecular formula is C15H20O2S. The lowest BCUT2D eigenvalue weighted by Gasteiger charge is -2.26. The summed E-state index contributed by atoms with van der Waals surface area (Å²) in [5.74, 6) is 6.38. The number of rotatable bonds is 3. The van der Waals surface area contributed by atoms with Gasteiger partial charge in [0.2, 0.25) is 0 Å². The van der Waals surface area contributed by atoms with E-state index in [-0.39, 0.29) is 6.61 Å². The minimum Gasteiger partial charge on any atom is -0.384 e. The fraction of sp³-hybridized carbons (Fsp3) is 0.600. The minimum atomic E-state index is -0.0817. The van der Waals surface area contributed by atoms with Crippen LogP contribution in [0.15, 0.2) is 11.4 Å². The quantitative estimate of drug-likeness (QED) is 0.850. The first-order valence-corrected chi connectivity index (χ1v) is 7.44. The highest BCUT2D eigenvalue weighted by atomic mass is 32.1. The van der Waals surface area contributed by atoms with Crippen molar-refractivity contribution < 1.29 is 9.84 Å². The van der Waals surface area contributed by atoms with E-state index in [9.17, 15) is 0 Å². The number of thiophene rings is 1. The highest BCUT2D eigenvalue weighted by molar-refractivity contribution is 7.10. The Morgan fingerprint density at radius 2 is 2.39 bits per heavy atom. The molecule has 1 saturated carbocycles. The van der Waals surface area contributed by atoms with Gasteiger partial charge in [-0.05, 0) is 24.8 Å². The van der Waals surface area contributed by atoms with Gasteiger partial charge in [-0.3, -0.25) is 0 Å². The van der Waals surface area contributed by atoms with E-state index < -0.39 is 0 Å². The number of aliphatic hydroxyl groups excluding tert-OH is 1. The molecule has 2 rings (SSSR count). The number of hydrogen-bond donors (Lipinski definition) is 1. The van der Waals surface area contributed by atoms with Crippen molar-refractivity contribution in [2.24, 2.45) is 5.92 Å². The van der Waals surface area contributed by atoms with Crippen molar-refractivity contribution >= 4 is 11.3 Å². The van der Waals surface area contributed by atoms with Crippen LogP contribution in [0.3, 0.4) is 0 Å². The predicted octanol–water partition coefficient (Wildman–Crippen LogP) is 3.19. The van der Waals surface area contributed by atoms with E-state index in [0.29, 0.717) is 12.7 Å². The molecule has 1 fully saturated rings. The third-order valence-corrected chi connectivity index (χ3v) is 4.23. The maximum absolute atomic E-state index is 8.64. The average molecular weight is 264 g/mol. The van der Waals surface area contributed by atoms with Crippen molar-refractivity contribution in [1.82, 2.24) is 0 Å². The van der Waals surface area contributed by atoms with Crippen LogP contribution in [0, 0.1) is 17.8 Å². The van der Waals surface area contributed by atoms with E-state index in [0.717, 1.165) is 11.5 Å². The van der Waals surface area contributed by atoms with Gasteiger partial charge >= 0.3 is 0 Å². The fourth-order valence-electron chi connectivity index (χ4n) is 2.39. The van der Waals surface area contributed by atoms with Crippen molar-refractivity contribution in [2.45, 2.75) is 45.3 Å². The average Bonchev–Trinajstić information content (AvgIpc) is 2.82. The second kappa shape index (κ2) is 6.94. The maximum Gasteiger partial charge on any atom is 0.104 e. The molecule has 1 aromatic heterocycles. The van der Waals surface area contributed by atoms with Gasteiger partial charge in [0.05, 0.1) is 12.7 Å². The third kappa shape index (κ3) is 4.13. The Bertz CT molecular complexity index is 427. The largest absolute Gasteiger partial charge is 0.384 e. The lowest BCUT2D eigenvalue weighted by atomic mass is 9.89. The fourth-order valence-corrected chi connectivity index (χ4v) is 3.13. The number of aliphatic hydroxyl groups is 1. The summed E-state index contributed by atoms with van der Waals surface area (Å²) in [5.41, 5.74) is 0.977. The molecule has 18 heavy (non-hydrogen) atoms. The van der Waals surface area contributed by atoms with Crippen molar-refractivity contribution in [2.75, 3.05) is 6.61 Å². The van der Waals surface area contributed by atoms with E-state index in [1.54, 1.807) is 11.3 Å². The first-order chi connectivity index (χ1) is 8.78. The summed E-state index contributed by atoms with van der Waals surface area (Å²) < 4.78 is 5.97. The molecule has 1 aliphatic rings. The molecule has 1 aliphatic carbocycles. The summed E-state index contributed by atoms with van der Waals surface area (Å²) in [7, 11) is 0. The van der Waals surface area contributed by atoms with Gasteiger partial charge in [-0.1, -0.05) is 31.6 Å². The molecular weight excluding hydrogens is 244 g/mol. The van der Waals surface area contributed by atoms with Crippen LogP contribution in [0.4, 0.5) is 0 Å². The van der Waals surface area contributed by atoms with E-state index in [1.807, 2.05) is 5.38 Å². The summed E-state index contributed by atoms with van der Waals surface area (Å²) >= 11 is 1.68. The SMILES string of the molecule is CC1CCCC(OCc2cc(C#CCO)cs2)C1. The minimum absolute atomic E-state index is 0.0817. The molecule has 0 bridgehead atoms. The molecule has 2 nitrogen and oxygen atoms in total. The summed E-state index contributed by atoms with van der Waals surface area (Å²) in [6.45, 7) is 2.92. The first-order valence-electron chi connectivity index (χ1n) is 6.56. The molecule has 1 N–H and O–H groups in total. The van der Waals surface area contributed by atoms with Crippen LogP contribution in [0.25, 0.3) is 0 Å². The molecule has 0 spiro atoms. The van der Waals surface area contributed by atoms with Crippen LogP contribution in [-0.4, -0.2) is 17.8 Å². The van der Waals surface area contributed by atoms with Gasteiger partial charge in [0.15, 0.2) is 0 Å². The highest BCUT2D eigenvalue weighted by Gasteiger charge is 2.19. The maximum atomic E-state index is 8.64. The van der Waals surface area contributed by atoms with Crippen molar-refractivity contribution in [1.29, 1.82) is 0 Å². The molecule has 0 aromatic carbocycles. The van der Waals surface area contributed by atoms with Gasteiger partial charge < -0.3 is 9.84 Å². The summed E-state index contributed by atoms with van der Waals surface area (Å²) in [4.78, 5) is 1.22. The van der Waals surface area contributed by atoms with Gasteiger partial charge in [-0.25, -0.2) is 0 Å². The lowest BCUT2D eigenvalue weighted by Crippen LogP contribution is -2.21. The Kier molecular flexibility index (Phi) is 5.25. The van der Waals surface area contributed by atoms with Gasteiger partial charge in [-0.15, -0.1) is 11.3 Å². The Morgan fingerprint density at radius 3 is 3.17 bits per heavy atom. The lowest BCUT2D eigenvalue weighted by molar-refractivity contribution is 0.00591. The normalized spacial score (nSPS) is 23.4. The third-order valence-electron chi connectivity index (χ3n) is 3.32. The summed E-state index contributed by atoms with van der Waals surface area (Å²) in [6, 6.07) is 2.06. The molecule has 3 heteroatoms.